The van der Waals surface area contributed by atoms with E-state index in [1.807, 2.05) is 31.3 Å². The zero-order valence-electron chi connectivity index (χ0n) is 14.3. The highest BCUT2D eigenvalue weighted by atomic mass is 32.1. The van der Waals surface area contributed by atoms with Crippen LogP contribution in [0.3, 0.4) is 0 Å². The quantitative estimate of drug-likeness (QED) is 0.823. The minimum absolute atomic E-state index is 0.0716. The summed E-state index contributed by atoms with van der Waals surface area (Å²) in [7, 11) is 1.99. The van der Waals surface area contributed by atoms with E-state index in [1.165, 1.54) is 10.4 Å². The number of thiophene rings is 1. The maximum absolute atomic E-state index is 12.5. The van der Waals surface area contributed by atoms with Gasteiger partial charge in [0, 0.05) is 10.9 Å². The number of nitrogens with one attached hydrogen (secondary N) is 1. The standard InChI is InChI=1S/C19H26N2OS/c1-14(2)19(17-11-8-12-23-17)20-18(22)13-21(4)15(3)16-9-6-5-7-10-16/h5-12,14-15,19H,13H2,1-4H3,(H,20,22). The molecule has 0 radical (unpaired) electrons. The highest BCUT2D eigenvalue weighted by molar-refractivity contribution is 7.10. The van der Waals surface area contributed by atoms with Crippen LogP contribution in [-0.2, 0) is 4.79 Å². The van der Waals surface area contributed by atoms with Crippen LogP contribution in [0.4, 0.5) is 0 Å². The summed E-state index contributed by atoms with van der Waals surface area (Å²) in [5, 5.41) is 5.24. The summed E-state index contributed by atoms with van der Waals surface area (Å²) in [5.74, 6) is 0.442. The molecule has 0 aliphatic carbocycles. The first kappa shape index (κ1) is 17.7. The van der Waals surface area contributed by atoms with Gasteiger partial charge in [0.25, 0.3) is 0 Å². The van der Waals surface area contributed by atoms with Gasteiger partial charge in [-0.3, -0.25) is 9.69 Å². The van der Waals surface area contributed by atoms with Gasteiger partial charge in [-0.25, -0.2) is 0 Å². The first-order chi connectivity index (χ1) is 11.0. The van der Waals surface area contributed by atoms with E-state index < -0.39 is 0 Å². The van der Waals surface area contributed by atoms with E-state index in [1.54, 1.807) is 11.3 Å². The molecule has 0 fully saturated rings. The van der Waals surface area contributed by atoms with Crippen LogP contribution in [0, 0.1) is 5.92 Å². The van der Waals surface area contributed by atoms with Gasteiger partial charge in [0.15, 0.2) is 0 Å². The predicted octanol–water partition coefficient (Wildman–Crippen LogP) is 4.25. The molecule has 1 heterocycles. The van der Waals surface area contributed by atoms with Gasteiger partial charge < -0.3 is 5.32 Å². The Morgan fingerprint density at radius 2 is 1.83 bits per heavy atom. The summed E-state index contributed by atoms with van der Waals surface area (Å²) in [4.78, 5) is 15.7. The molecular formula is C19H26N2OS. The van der Waals surface area contributed by atoms with Gasteiger partial charge in [-0.2, -0.15) is 0 Å². The molecule has 2 rings (SSSR count). The first-order valence-corrected chi connectivity index (χ1v) is 8.95. The van der Waals surface area contributed by atoms with Gasteiger partial charge in [0.1, 0.15) is 0 Å². The van der Waals surface area contributed by atoms with Gasteiger partial charge in [-0.05, 0) is 36.9 Å². The Labute approximate surface area is 143 Å². The fourth-order valence-electron chi connectivity index (χ4n) is 2.60. The number of carbonyl (C=O) groups excluding carboxylic acids is 1. The second kappa shape index (κ2) is 8.27. The lowest BCUT2D eigenvalue weighted by Gasteiger charge is -2.27. The van der Waals surface area contributed by atoms with Gasteiger partial charge in [-0.15, -0.1) is 11.3 Å². The molecule has 124 valence electrons. The van der Waals surface area contributed by atoms with Crippen LogP contribution in [0.15, 0.2) is 47.8 Å². The van der Waals surface area contributed by atoms with Crippen molar-refractivity contribution in [2.24, 2.45) is 5.92 Å². The van der Waals surface area contributed by atoms with E-state index in [9.17, 15) is 4.79 Å². The maximum atomic E-state index is 12.5. The monoisotopic (exact) mass is 330 g/mol. The Bertz CT molecular complexity index is 595. The van der Waals surface area contributed by atoms with Gasteiger partial charge in [0.2, 0.25) is 5.91 Å². The molecule has 1 N–H and O–H groups in total. The SMILES string of the molecule is CC(C)C(NC(=O)CN(C)C(C)c1ccccc1)c1cccs1. The molecule has 0 saturated heterocycles. The van der Waals surface area contributed by atoms with Gasteiger partial charge in [-0.1, -0.05) is 50.2 Å². The Kier molecular flexibility index (Phi) is 6.37. The molecule has 1 aromatic heterocycles. The summed E-state index contributed by atoms with van der Waals surface area (Å²) in [6.45, 7) is 6.80. The van der Waals surface area contributed by atoms with Crippen LogP contribution in [0.1, 0.15) is 43.3 Å². The van der Waals surface area contributed by atoms with E-state index >= 15 is 0 Å². The predicted molar refractivity (Wildman–Crippen MR) is 97.5 cm³/mol. The van der Waals surface area contributed by atoms with Crippen molar-refractivity contribution < 1.29 is 4.79 Å². The summed E-state index contributed by atoms with van der Waals surface area (Å²) in [6, 6.07) is 14.7. The van der Waals surface area contributed by atoms with Crippen LogP contribution >= 0.6 is 11.3 Å². The van der Waals surface area contributed by atoms with Crippen molar-refractivity contribution in [3.8, 4) is 0 Å². The van der Waals surface area contributed by atoms with Crippen LogP contribution < -0.4 is 5.32 Å². The summed E-state index contributed by atoms with van der Waals surface area (Å²) < 4.78 is 0. The molecule has 1 aromatic carbocycles. The van der Waals surface area contributed by atoms with Crippen molar-refractivity contribution in [1.29, 1.82) is 0 Å². The molecule has 2 unspecified atom stereocenters. The molecule has 3 nitrogen and oxygen atoms in total. The smallest absolute Gasteiger partial charge is 0.234 e. The van der Waals surface area contributed by atoms with E-state index in [4.69, 9.17) is 0 Å². The summed E-state index contributed by atoms with van der Waals surface area (Å²) >= 11 is 1.70. The van der Waals surface area contributed by atoms with Crippen molar-refractivity contribution in [3.05, 3.63) is 58.3 Å². The Hall–Kier alpha value is -1.65. The molecule has 0 aliphatic rings. The van der Waals surface area contributed by atoms with Crippen molar-refractivity contribution in [2.45, 2.75) is 32.9 Å². The third-order valence-corrected chi connectivity index (χ3v) is 5.12. The maximum Gasteiger partial charge on any atom is 0.234 e. The van der Waals surface area contributed by atoms with E-state index in [0.717, 1.165) is 0 Å². The van der Waals surface area contributed by atoms with Crippen molar-refractivity contribution >= 4 is 17.2 Å². The lowest BCUT2D eigenvalue weighted by molar-refractivity contribution is -0.123. The summed E-state index contributed by atoms with van der Waals surface area (Å²) in [6.07, 6.45) is 0. The molecule has 2 aromatic rings. The van der Waals surface area contributed by atoms with Gasteiger partial charge in [0.05, 0.1) is 12.6 Å². The number of benzene rings is 1. The topological polar surface area (TPSA) is 32.3 Å². The first-order valence-electron chi connectivity index (χ1n) is 8.07. The lowest BCUT2D eigenvalue weighted by Crippen LogP contribution is -2.39. The molecule has 0 saturated carbocycles. The number of amides is 1. The number of carbonyl (C=O) groups is 1. The zero-order chi connectivity index (χ0) is 16.8. The zero-order valence-corrected chi connectivity index (χ0v) is 15.1. The van der Waals surface area contributed by atoms with Crippen LogP contribution in [0.25, 0.3) is 0 Å². The molecule has 0 bridgehead atoms. The average Bonchev–Trinajstić information content (AvgIpc) is 3.06. The van der Waals surface area contributed by atoms with Crippen molar-refractivity contribution in [3.63, 3.8) is 0 Å². The second-order valence-electron chi connectivity index (χ2n) is 6.31. The van der Waals surface area contributed by atoms with Crippen LogP contribution in [0.2, 0.25) is 0 Å². The number of hydrogen-bond acceptors (Lipinski definition) is 3. The molecule has 1 amide bonds. The van der Waals surface area contributed by atoms with Crippen LogP contribution in [-0.4, -0.2) is 24.4 Å². The molecule has 23 heavy (non-hydrogen) atoms. The Morgan fingerprint density at radius 3 is 2.39 bits per heavy atom. The average molecular weight is 330 g/mol. The fraction of sp³-hybridized carbons (Fsp3) is 0.421. The molecule has 0 spiro atoms. The molecule has 4 heteroatoms. The molecular weight excluding hydrogens is 304 g/mol. The van der Waals surface area contributed by atoms with E-state index in [0.29, 0.717) is 12.5 Å². The third kappa shape index (κ3) is 4.91. The third-order valence-electron chi connectivity index (χ3n) is 4.17. The molecule has 0 aliphatic heterocycles. The number of nitrogens with zero attached hydrogens (tertiary/aromatic N) is 1. The Morgan fingerprint density at radius 1 is 1.13 bits per heavy atom. The van der Waals surface area contributed by atoms with E-state index in [2.05, 4.69) is 54.6 Å². The van der Waals surface area contributed by atoms with Crippen LogP contribution in [0.5, 0.6) is 0 Å². The largest absolute Gasteiger partial charge is 0.347 e. The normalized spacial score (nSPS) is 14.0. The second-order valence-corrected chi connectivity index (χ2v) is 7.29. The van der Waals surface area contributed by atoms with E-state index in [-0.39, 0.29) is 18.0 Å². The Balaban J connectivity index is 1.95. The van der Waals surface area contributed by atoms with Gasteiger partial charge >= 0.3 is 0 Å². The summed E-state index contributed by atoms with van der Waals surface area (Å²) in [5.41, 5.74) is 1.22. The van der Waals surface area contributed by atoms with Crippen molar-refractivity contribution in [1.82, 2.24) is 10.2 Å². The minimum Gasteiger partial charge on any atom is -0.347 e. The molecule has 2 atom stereocenters. The number of hydrogen-bond donors (Lipinski definition) is 1. The lowest BCUT2D eigenvalue weighted by atomic mass is 10.0. The van der Waals surface area contributed by atoms with Crippen molar-refractivity contribution in [2.75, 3.05) is 13.6 Å². The fourth-order valence-corrected chi connectivity index (χ4v) is 3.55. The number of likely N-dealkylation sites (N-methyl/N-ethyl adjacent to an activating group) is 1. The highest BCUT2D eigenvalue weighted by Crippen LogP contribution is 2.26. The number of rotatable bonds is 7. The minimum atomic E-state index is 0.0716. The highest BCUT2D eigenvalue weighted by Gasteiger charge is 2.21.